The minimum atomic E-state index is -1.01. The Labute approximate surface area is 122 Å². The Morgan fingerprint density at radius 1 is 1.20 bits per heavy atom. The van der Waals surface area contributed by atoms with Gasteiger partial charge in [0.1, 0.15) is 5.75 Å². The lowest BCUT2D eigenvalue weighted by Gasteiger charge is -2.19. The summed E-state index contributed by atoms with van der Waals surface area (Å²) in [4.78, 5) is 11.5. The molecule has 0 aliphatic carbocycles. The lowest BCUT2D eigenvalue weighted by atomic mass is 10.1. The normalized spacial score (nSPS) is 11.7. The van der Waals surface area contributed by atoms with E-state index in [9.17, 15) is 9.90 Å². The Bertz CT molecular complexity index is 616. The third-order valence-electron chi connectivity index (χ3n) is 2.87. The zero-order valence-corrected chi connectivity index (χ0v) is 11.6. The molecule has 0 spiro atoms. The molecule has 104 valence electrons. The number of carbonyl (C=O) groups is 1. The van der Waals surface area contributed by atoms with Crippen LogP contribution in [0.5, 0.6) is 5.75 Å². The minimum Gasteiger partial charge on any atom is -0.496 e. The lowest BCUT2D eigenvalue weighted by Crippen LogP contribution is -2.21. The van der Waals surface area contributed by atoms with Crippen LogP contribution in [0.3, 0.4) is 0 Å². The molecule has 0 aromatic heterocycles. The first kappa shape index (κ1) is 14.2. The molecule has 0 radical (unpaired) electrons. The van der Waals surface area contributed by atoms with Crippen molar-refractivity contribution in [2.45, 2.75) is 6.04 Å². The molecule has 2 rings (SSSR count). The highest BCUT2D eigenvalue weighted by Gasteiger charge is 2.23. The van der Waals surface area contributed by atoms with Crippen LogP contribution >= 0.6 is 11.6 Å². The van der Waals surface area contributed by atoms with Gasteiger partial charge in [0, 0.05) is 5.56 Å². The molecule has 20 heavy (non-hydrogen) atoms. The Balaban J connectivity index is 2.37. The van der Waals surface area contributed by atoms with Crippen molar-refractivity contribution in [3.05, 3.63) is 59.1 Å². The number of para-hydroxylation sites is 2. The number of hydrogen-bond acceptors (Lipinski definition) is 3. The van der Waals surface area contributed by atoms with Crippen LogP contribution in [-0.2, 0) is 4.79 Å². The summed E-state index contributed by atoms with van der Waals surface area (Å²) in [5.74, 6) is -0.492. The van der Waals surface area contributed by atoms with Crippen molar-refractivity contribution in [3.63, 3.8) is 0 Å². The summed E-state index contributed by atoms with van der Waals surface area (Å²) in [7, 11) is 1.51. The highest BCUT2D eigenvalue weighted by atomic mass is 35.5. The van der Waals surface area contributed by atoms with Crippen LogP contribution in [0.2, 0.25) is 5.02 Å². The van der Waals surface area contributed by atoms with E-state index < -0.39 is 12.0 Å². The smallest absolute Gasteiger partial charge is 0.330 e. The van der Waals surface area contributed by atoms with Crippen molar-refractivity contribution in [2.75, 3.05) is 12.4 Å². The van der Waals surface area contributed by atoms with Crippen LogP contribution in [0.15, 0.2) is 48.5 Å². The number of halogens is 1. The molecule has 0 amide bonds. The summed E-state index contributed by atoms with van der Waals surface area (Å²) in [6.45, 7) is 0. The zero-order valence-electron chi connectivity index (χ0n) is 10.8. The van der Waals surface area contributed by atoms with Crippen LogP contribution in [-0.4, -0.2) is 18.2 Å². The Hall–Kier alpha value is -2.20. The summed E-state index contributed by atoms with van der Waals surface area (Å²) < 4.78 is 5.21. The summed E-state index contributed by atoms with van der Waals surface area (Å²) in [5.41, 5.74) is 1.11. The molecule has 0 bridgehead atoms. The predicted molar refractivity (Wildman–Crippen MR) is 78.4 cm³/mol. The van der Waals surface area contributed by atoms with Gasteiger partial charge in [-0.2, -0.15) is 0 Å². The average Bonchev–Trinajstić information content (AvgIpc) is 2.46. The van der Waals surface area contributed by atoms with E-state index in [1.165, 1.54) is 7.11 Å². The fraction of sp³-hybridized carbons (Fsp3) is 0.133. The molecular weight excluding hydrogens is 278 g/mol. The van der Waals surface area contributed by atoms with Crippen molar-refractivity contribution in [3.8, 4) is 5.75 Å². The number of nitrogens with one attached hydrogen (secondary N) is 1. The second-order valence-electron chi connectivity index (χ2n) is 4.14. The van der Waals surface area contributed by atoms with Gasteiger partial charge < -0.3 is 15.2 Å². The third-order valence-corrected chi connectivity index (χ3v) is 3.20. The molecular formula is C15H14ClNO3. The van der Waals surface area contributed by atoms with Crippen molar-refractivity contribution in [1.29, 1.82) is 0 Å². The number of hydrogen-bond donors (Lipinski definition) is 2. The van der Waals surface area contributed by atoms with Gasteiger partial charge in [0.15, 0.2) is 6.04 Å². The molecule has 1 atom stereocenters. The molecule has 0 fully saturated rings. The molecule has 0 aliphatic heterocycles. The van der Waals surface area contributed by atoms with E-state index in [2.05, 4.69) is 5.32 Å². The zero-order chi connectivity index (χ0) is 14.5. The molecule has 2 aromatic carbocycles. The van der Waals surface area contributed by atoms with E-state index in [1.54, 1.807) is 48.5 Å². The number of benzene rings is 2. The van der Waals surface area contributed by atoms with Gasteiger partial charge in [-0.25, -0.2) is 4.79 Å². The van der Waals surface area contributed by atoms with E-state index >= 15 is 0 Å². The number of methoxy groups -OCH3 is 1. The largest absolute Gasteiger partial charge is 0.496 e. The fourth-order valence-electron chi connectivity index (χ4n) is 1.91. The summed E-state index contributed by atoms with van der Waals surface area (Å²) in [6, 6.07) is 13.0. The highest BCUT2D eigenvalue weighted by molar-refractivity contribution is 6.33. The molecule has 0 heterocycles. The SMILES string of the molecule is COc1ccccc1C(Nc1ccccc1Cl)C(=O)O. The van der Waals surface area contributed by atoms with Crippen molar-refractivity contribution in [1.82, 2.24) is 0 Å². The first-order chi connectivity index (χ1) is 9.63. The number of aliphatic carboxylic acids is 1. The summed E-state index contributed by atoms with van der Waals surface area (Å²) >= 11 is 6.05. The molecule has 2 N–H and O–H groups in total. The molecule has 4 nitrogen and oxygen atoms in total. The topological polar surface area (TPSA) is 58.6 Å². The Morgan fingerprint density at radius 2 is 1.85 bits per heavy atom. The standard InChI is InChI=1S/C15H14ClNO3/c1-20-13-9-5-2-6-10(13)14(15(18)19)17-12-8-4-3-7-11(12)16/h2-9,14,17H,1H3,(H,18,19). The molecule has 1 unspecified atom stereocenters. The van der Waals surface area contributed by atoms with Crippen molar-refractivity contribution < 1.29 is 14.6 Å². The van der Waals surface area contributed by atoms with Crippen molar-refractivity contribution >= 4 is 23.3 Å². The van der Waals surface area contributed by atoms with Crippen LogP contribution < -0.4 is 10.1 Å². The van der Waals surface area contributed by atoms with Crippen LogP contribution in [0.25, 0.3) is 0 Å². The lowest BCUT2D eigenvalue weighted by molar-refractivity contribution is -0.138. The average molecular weight is 292 g/mol. The number of carboxylic acid groups (broad SMARTS) is 1. The predicted octanol–water partition coefficient (Wildman–Crippen LogP) is 3.59. The van der Waals surface area contributed by atoms with Crippen LogP contribution in [0.4, 0.5) is 5.69 Å². The van der Waals surface area contributed by atoms with Gasteiger partial charge in [-0.15, -0.1) is 0 Å². The molecule has 0 saturated carbocycles. The van der Waals surface area contributed by atoms with Crippen molar-refractivity contribution in [2.24, 2.45) is 0 Å². The van der Waals surface area contributed by atoms with Gasteiger partial charge in [-0.05, 0) is 18.2 Å². The van der Waals surface area contributed by atoms with E-state index in [0.29, 0.717) is 22.0 Å². The summed E-state index contributed by atoms with van der Waals surface area (Å²) in [5, 5.41) is 12.8. The van der Waals surface area contributed by atoms with Gasteiger partial charge in [0.25, 0.3) is 0 Å². The maximum Gasteiger partial charge on any atom is 0.330 e. The second kappa shape index (κ2) is 6.30. The van der Waals surface area contributed by atoms with E-state index in [4.69, 9.17) is 16.3 Å². The fourth-order valence-corrected chi connectivity index (χ4v) is 2.10. The first-order valence-electron chi connectivity index (χ1n) is 6.00. The highest BCUT2D eigenvalue weighted by Crippen LogP contribution is 2.30. The Kier molecular flexibility index (Phi) is 4.48. The van der Waals surface area contributed by atoms with Gasteiger partial charge in [0.05, 0.1) is 17.8 Å². The minimum absolute atomic E-state index is 0.466. The quantitative estimate of drug-likeness (QED) is 0.884. The van der Waals surface area contributed by atoms with Gasteiger partial charge >= 0.3 is 5.97 Å². The monoisotopic (exact) mass is 291 g/mol. The van der Waals surface area contributed by atoms with Crippen LogP contribution in [0, 0.1) is 0 Å². The van der Waals surface area contributed by atoms with Gasteiger partial charge in [0.2, 0.25) is 0 Å². The Morgan fingerprint density at radius 3 is 2.50 bits per heavy atom. The van der Waals surface area contributed by atoms with E-state index in [1.807, 2.05) is 0 Å². The van der Waals surface area contributed by atoms with Gasteiger partial charge in [-0.1, -0.05) is 41.9 Å². The third kappa shape index (κ3) is 3.03. The molecule has 2 aromatic rings. The number of anilines is 1. The van der Waals surface area contributed by atoms with E-state index in [0.717, 1.165) is 0 Å². The summed E-state index contributed by atoms with van der Waals surface area (Å²) in [6.07, 6.45) is 0. The van der Waals surface area contributed by atoms with E-state index in [-0.39, 0.29) is 0 Å². The number of ether oxygens (including phenoxy) is 1. The molecule has 0 aliphatic rings. The maximum atomic E-state index is 11.5. The maximum absolute atomic E-state index is 11.5. The number of rotatable bonds is 5. The second-order valence-corrected chi connectivity index (χ2v) is 4.54. The number of carboxylic acids is 1. The first-order valence-corrected chi connectivity index (χ1v) is 6.38. The molecule has 5 heteroatoms. The molecule has 0 saturated heterocycles. The van der Waals surface area contributed by atoms with Gasteiger partial charge in [-0.3, -0.25) is 0 Å². The van der Waals surface area contributed by atoms with Crippen LogP contribution in [0.1, 0.15) is 11.6 Å².